The molecule has 0 unspecified atom stereocenters. The van der Waals surface area contributed by atoms with Crippen LogP contribution in [0.2, 0.25) is 0 Å². The molecule has 13 heteroatoms. The Morgan fingerprint density at radius 2 is 1.80 bits per heavy atom. The number of aromatic amines is 1. The molecule has 0 aliphatic carbocycles. The quantitative estimate of drug-likeness (QED) is 0.0867. The normalized spacial score (nSPS) is 19.9. The zero-order chi connectivity index (χ0) is 36.7. The number of aromatic nitrogens is 1. The first-order valence-electron chi connectivity index (χ1n) is 16.0. The first-order valence-corrected chi connectivity index (χ1v) is 16.0. The molecule has 1 amide bonds. The molecule has 4 atom stereocenters. The Hall–Kier alpha value is -5.11. The van der Waals surface area contributed by atoms with E-state index in [2.05, 4.69) is 10.3 Å². The Bertz CT molecular complexity index is 2040. The van der Waals surface area contributed by atoms with Crippen LogP contribution in [0.4, 0.5) is 5.69 Å². The number of amides is 1. The lowest BCUT2D eigenvalue weighted by molar-refractivity contribution is -0.305. The van der Waals surface area contributed by atoms with E-state index in [4.69, 9.17) is 23.4 Å². The number of hydrogen-bond donors (Lipinski definition) is 5. The molecule has 0 radical (unpaired) electrons. The summed E-state index contributed by atoms with van der Waals surface area (Å²) < 4.78 is 29.2. The van der Waals surface area contributed by atoms with Gasteiger partial charge in [-0.15, -0.1) is 0 Å². The third kappa shape index (κ3) is 7.11. The Labute approximate surface area is 288 Å². The van der Waals surface area contributed by atoms with E-state index in [1.54, 1.807) is 33.8 Å². The zero-order valence-electron chi connectivity index (χ0n) is 29.2. The third-order valence-electron chi connectivity index (χ3n) is 8.67. The molecule has 1 aliphatic heterocycles. The van der Waals surface area contributed by atoms with Crippen molar-refractivity contribution >= 4 is 28.5 Å². The summed E-state index contributed by atoms with van der Waals surface area (Å²) in [5.41, 5.74) is 1.07. The highest BCUT2D eigenvalue weighted by Gasteiger charge is 2.53. The van der Waals surface area contributed by atoms with Gasteiger partial charge in [0.05, 0.1) is 11.0 Å². The predicted octanol–water partition coefficient (Wildman–Crippen LogP) is 5.33. The van der Waals surface area contributed by atoms with Crippen molar-refractivity contribution in [3.63, 3.8) is 0 Å². The monoisotopic (exact) mass is 690 g/mol. The number of fused-ring (bicyclic) bond motifs is 1. The lowest BCUT2D eigenvalue weighted by atomic mass is 9.89. The van der Waals surface area contributed by atoms with Crippen LogP contribution in [0.5, 0.6) is 17.2 Å². The minimum atomic E-state index is -1.51. The SMILES string of the molecule is CO[C@@H]1[C@@H](OC(=O)c2[nH]c(C)cc2C)[C@@H](O)[C@H](Oc2ccc3c(O)c(NC(=O)c4ccc(O)c(CC=C(C)C)c4)c(=O)oc3c2C)OC1(C)C. The van der Waals surface area contributed by atoms with Crippen molar-refractivity contribution in [1.82, 2.24) is 4.98 Å². The van der Waals surface area contributed by atoms with Crippen molar-refractivity contribution in [2.45, 2.75) is 85.1 Å². The molecule has 0 saturated carbocycles. The molecule has 1 aliphatic rings. The molecule has 2 aromatic heterocycles. The maximum absolute atomic E-state index is 13.1. The molecule has 1 fully saturated rings. The van der Waals surface area contributed by atoms with E-state index in [-0.39, 0.29) is 39.3 Å². The lowest BCUT2D eigenvalue weighted by Gasteiger charge is -2.47. The Morgan fingerprint density at radius 3 is 2.44 bits per heavy atom. The topological polar surface area (TPSA) is 190 Å². The maximum Gasteiger partial charge on any atom is 0.364 e. The highest BCUT2D eigenvalue weighted by molar-refractivity contribution is 6.06. The predicted molar refractivity (Wildman–Crippen MR) is 184 cm³/mol. The largest absolute Gasteiger partial charge is 0.508 e. The number of allylic oxidation sites excluding steroid dienone is 2. The van der Waals surface area contributed by atoms with Gasteiger partial charge in [-0.3, -0.25) is 4.79 Å². The standard InChI is InChI=1S/C37H42N2O11/c1-17(2)9-10-21-16-22(11-13-24(21)40)33(43)39-27-28(41)23-12-14-25(20(5)30(23)48-35(27)45)47-36-29(42)31(32(46-8)37(6,7)50-36)49-34(44)26-18(3)15-19(4)38-26/h9,11-16,29,31-32,36,38,40-42H,10H2,1-8H3,(H,39,43)/t29-,31+,32-,36-/m1/s1. The van der Waals surface area contributed by atoms with E-state index in [1.807, 2.05) is 26.8 Å². The fourth-order valence-electron chi connectivity index (χ4n) is 6.05. The molecule has 4 aromatic rings. The molecular weight excluding hydrogens is 648 g/mol. The Kier molecular flexibility index (Phi) is 10.1. The third-order valence-corrected chi connectivity index (χ3v) is 8.67. The van der Waals surface area contributed by atoms with Crippen LogP contribution in [-0.4, -0.2) is 69.5 Å². The number of aliphatic hydroxyl groups excluding tert-OH is 1. The van der Waals surface area contributed by atoms with Gasteiger partial charge in [-0.1, -0.05) is 11.6 Å². The summed E-state index contributed by atoms with van der Waals surface area (Å²) in [6, 6.07) is 9.00. The number of phenols is 1. The number of benzene rings is 2. The van der Waals surface area contributed by atoms with Crippen LogP contribution in [0, 0.1) is 20.8 Å². The lowest BCUT2D eigenvalue weighted by Crippen LogP contribution is -2.65. The van der Waals surface area contributed by atoms with E-state index in [0.29, 0.717) is 17.5 Å². The number of ether oxygens (including phenoxy) is 4. The van der Waals surface area contributed by atoms with Crippen LogP contribution in [0.3, 0.4) is 0 Å². The molecule has 13 nitrogen and oxygen atoms in total. The number of nitrogens with one attached hydrogen (secondary N) is 2. The van der Waals surface area contributed by atoms with E-state index in [1.165, 1.54) is 37.4 Å². The first-order chi connectivity index (χ1) is 23.5. The average molecular weight is 691 g/mol. The summed E-state index contributed by atoms with van der Waals surface area (Å²) in [5, 5.41) is 35.3. The van der Waals surface area contributed by atoms with Gasteiger partial charge in [0.2, 0.25) is 6.29 Å². The van der Waals surface area contributed by atoms with Gasteiger partial charge in [0.25, 0.3) is 5.91 Å². The van der Waals surface area contributed by atoms with Crippen LogP contribution in [-0.2, 0) is 20.6 Å². The second-order valence-corrected chi connectivity index (χ2v) is 13.2. The summed E-state index contributed by atoms with van der Waals surface area (Å²) in [6.45, 7) is 12.4. The number of carbonyl (C=O) groups excluding carboxylic acids is 2. The van der Waals surface area contributed by atoms with Crippen LogP contribution in [0.1, 0.15) is 70.9 Å². The number of hydrogen-bond acceptors (Lipinski definition) is 11. The van der Waals surface area contributed by atoms with Gasteiger partial charge < -0.3 is 49.0 Å². The van der Waals surface area contributed by atoms with Gasteiger partial charge in [-0.25, -0.2) is 9.59 Å². The molecule has 5 N–H and O–H groups in total. The Morgan fingerprint density at radius 1 is 1.08 bits per heavy atom. The van der Waals surface area contributed by atoms with E-state index in [9.17, 15) is 29.7 Å². The van der Waals surface area contributed by atoms with Crippen molar-refractivity contribution in [3.8, 4) is 17.2 Å². The van der Waals surface area contributed by atoms with E-state index < -0.39 is 59.1 Å². The van der Waals surface area contributed by atoms with Crippen LogP contribution >= 0.6 is 0 Å². The number of carbonyl (C=O) groups is 2. The second-order valence-electron chi connectivity index (χ2n) is 13.2. The number of aromatic hydroxyl groups is 2. The number of rotatable bonds is 9. The first kappa shape index (κ1) is 36.2. The van der Waals surface area contributed by atoms with Gasteiger partial charge in [-0.2, -0.15) is 0 Å². The fourth-order valence-corrected chi connectivity index (χ4v) is 6.05. The summed E-state index contributed by atoms with van der Waals surface area (Å²) in [6.07, 6.45) is -2.64. The second kappa shape index (κ2) is 14.0. The fraction of sp³-hybridized carbons (Fsp3) is 0.378. The zero-order valence-corrected chi connectivity index (χ0v) is 29.2. The highest BCUT2D eigenvalue weighted by Crippen LogP contribution is 2.39. The molecule has 3 heterocycles. The van der Waals surface area contributed by atoms with E-state index >= 15 is 0 Å². The van der Waals surface area contributed by atoms with Crippen LogP contribution < -0.4 is 15.7 Å². The highest BCUT2D eigenvalue weighted by atomic mass is 16.7. The molecule has 50 heavy (non-hydrogen) atoms. The molecule has 1 saturated heterocycles. The molecule has 5 rings (SSSR count). The molecule has 0 bridgehead atoms. The van der Waals surface area contributed by atoms with Gasteiger partial charge in [0.15, 0.2) is 23.6 Å². The summed E-state index contributed by atoms with van der Waals surface area (Å²) in [7, 11) is 1.42. The van der Waals surface area contributed by atoms with Crippen molar-refractivity contribution in [2.24, 2.45) is 0 Å². The van der Waals surface area contributed by atoms with Crippen molar-refractivity contribution in [3.05, 3.63) is 92.1 Å². The number of aryl methyl sites for hydroxylation is 3. The number of aliphatic hydroxyl groups is 1. The van der Waals surface area contributed by atoms with E-state index in [0.717, 1.165) is 11.3 Å². The number of esters is 1. The number of H-pyrrole nitrogens is 1. The van der Waals surface area contributed by atoms with Crippen molar-refractivity contribution in [1.29, 1.82) is 0 Å². The molecule has 266 valence electrons. The number of phenolic OH excluding ortho intramolecular Hbond substituents is 1. The van der Waals surface area contributed by atoms with Gasteiger partial charge in [-0.05, 0) is 102 Å². The summed E-state index contributed by atoms with van der Waals surface area (Å²) in [4.78, 5) is 42.3. The van der Waals surface area contributed by atoms with Crippen LogP contribution in [0.15, 0.2) is 57.3 Å². The number of methoxy groups -OCH3 is 1. The molecule has 0 spiro atoms. The molecule has 2 aromatic carbocycles. The van der Waals surface area contributed by atoms with Gasteiger partial charge in [0, 0.05) is 23.9 Å². The van der Waals surface area contributed by atoms with Gasteiger partial charge >= 0.3 is 11.6 Å². The summed E-state index contributed by atoms with van der Waals surface area (Å²) >= 11 is 0. The average Bonchev–Trinajstić information content (AvgIpc) is 3.39. The van der Waals surface area contributed by atoms with Crippen molar-refractivity contribution < 1.29 is 48.3 Å². The minimum Gasteiger partial charge on any atom is -0.508 e. The summed E-state index contributed by atoms with van der Waals surface area (Å²) in [5.74, 6) is -1.75. The maximum atomic E-state index is 13.1. The van der Waals surface area contributed by atoms with Crippen molar-refractivity contribution in [2.75, 3.05) is 12.4 Å². The smallest absolute Gasteiger partial charge is 0.364 e. The number of anilines is 1. The van der Waals surface area contributed by atoms with Crippen LogP contribution in [0.25, 0.3) is 11.0 Å². The molecular formula is C37H42N2O11. The Balaban J connectivity index is 1.41. The van der Waals surface area contributed by atoms with Gasteiger partial charge in [0.1, 0.15) is 28.9 Å². The minimum absolute atomic E-state index is 0.0205.